The summed E-state index contributed by atoms with van der Waals surface area (Å²) < 4.78 is 1.87. The Kier molecular flexibility index (Phi) is 4.87. The van der Waals surface area contributed by atoms with Crippen LogP contribution >= 0.6 is 0 Å². The summed E-state index contributed by atoms with van der Waals surface area (Å²) in [4.78, 5) is 11.9. The lowest BCUT2D eigenvalue weighted by Gasteiger charge is -2.22. The normalized spacial score (nSPS) is 16.9. The van der Waals surface area contributed by atoms with E-state index < -0.39 is 0 Å². The first-order valence-electron chi connectivity index (χ1n) is 6.97. The summed E-state index contributed by atoms with van der Waals surface area (Å²) in [5, 5.41) is 11.4. The first-order chi connectivity index (χ1) is 8.81. The number of hydrogen-bond acceptors (Lipinski definition) is 4. The van der Waals surface area contributed by atoms with Crippen LogP contribution in [0.5, 0.6) is 0 Å². The summed E-state index contributed by atoms with van der Waals surface area (Å²) in [6.07, 6.45) is 7.74. The van der Waals surface area contributed by atoms with Crippen LogP contribution in [0.4, 0.5) is 0 Å². The van der Waals surface area contributed by atoms with Gasteiger partial charge in [0, 0.05) is 6.42 Å². The van der Waals surface area contributed by atoms with Gasteiger partial charge in [-0.1, -0.05) is 25.0 Å². The molecule has 0 aromatic carbocycles. The molecule has 0 saturated carbocycles. The van der Waals surface area contributed by atoms with Gasteiger partial charge in [-0.05, 0) is 32.4 Å². The molecule has 1 aliphatic rings. The maximum atomic E-state index is 11.9. The second-order valence-electron chi connectivity index (χ2n) is 4.95. The molecule has 18 heavy (non-hydrogen) atoms. The fourth-order valence-electron chi connectivity index (χ4n) is 2.32. The summed E-state index contributed by atoms with van der Waals surface area (Å²) in [5.41, 5.74) is 0.532. The van der Waals surface area contributed by atoms with Crippen molar-refractivity contribution in [1.82, 2.24) is 20.3 Å². The lowest BCUT2D eigenvalue weighted by molar-refractivity contribution is 0.0974. The van der Waals surface area contributed by atoms with Gasteiger partial charge in [-0.3, -0.25) is 4.79 Å². The van der Waals surface area contributed by atoms with Gasteiger partial charge in [0.15, 0.2) is 5.78 Å². The van der Waals surface area contributed by atoms with Gasteiger partial charge in [0.05, 0.1) is 12.2 Å². The maximum Gasteiger partial charge on any atom is 0.184 e. The average molecular weight is 250 g/mol. The Morgan fingerprint density at radius 3 is 2.94 bits per heavy atom. The van der Waals surface area contributed by atoms with Crippen LogP contribution in [0.1, 0.15) is 62.0 Å². The summed E-state index contributed by atoms with van der Waals surface area (Å²) in [6, 6.07) is 0.399. The Balaban J connectivity index is 1.90. The molecule has 5 heteroatoms. The smallest absolute Gasteiger partial charge is 0.184 e. The largest absolute Gasteiger partial charge is 0.317 e. The molecule has 0 spiro atoms. The number of Topliss-reactive ketones (excluding diaryl/α,β-unsaturated/α-hetero) is 1. The highest BCUT2D eigenvalue weighted by molar-refractivity contribution is 5.93. The van der Waals surface area contributed by atoms with Crippen molar-refractivity contribution in [2.24, 2.45) is 0 Å². The number of aromatic nitrogens is 3. The van der Waals surface area contributed by atoms with E-state index in [2.05, 4.69) is 22.6 Å². The number of ketones is 1. The monoisotopic (exact) mass is 250 g/mol. The molecule has 0 amide bonds. The van der Waals surface area contributed by atoms with Crippen molar-refractivity contribution in [3.05, 3.63) is 11.9 Å². The van der Waals surface area contributed by atoms with Crippen molar-refractivity contribution in [2.45, 2.75) is 51.5 Å². The molecule has 2 heterocycles. The minimum atomic E-state index is 0.128. The zero-order chi connectivity index (χ0) is 12.8. The van der Waals surface area contributed by atoms with Gasteiger partial charge < -0.3 is 5.32 Å². The highest BCUT2D eigenvalue weighted by atomic mass is 16.1. The number of nitrogens with one attached hydrogen (secondary N) is 1. The number of rotatable bonds is 6. The molecule has 1 saturated heterocycles. The molecule has 1 aliphatic heterocycles. The SMILES string of the molecule is CCCCCC(=O)c1cn(C2CCNCC2)nn1. The minimum Gasteiger partial charge on any atom is -0.317 e. The van der Waals surface area contributed by atoms with E-state index in [9.17, 15) is 4.79 Å². The number of carbonyl (C=O) groups is 1. The van der Waals surface area contributed by atoms with Crippen LogP contribution in [0.2, 0.25) is 0 Å². The fourth-order valence-corrected chi connectivity index (χ4v) is 2.32. The maximum absolute atomic E-state index is 11.9. The lowest BCUT2D eigenvalue weighted by Crippen LogP contribution is -2.29. The molecule has 1 aromatic heterocycles. The van der Waals surface area contributed by atoms with Crippen molar-refractivity contribution in [2.75, 3.05) is 13.1 Å². The Bertz CT molecular complexity index is 382. The van der Waals surface area contributed by atoms with E-state index in [0.29, 0.717) is 18.2 Å². The van der Waals surface area contributed by atoms with Gasteiger partial charge in [0.1, 0.15) is 5.69 Å². The molecule has 1 aromatic rings. The number of nitrogens with zero attached hydrogens (tertiary/aromatic N) is 3. The predicted molar refractivity (Wildman–Crippen MR) is 69.6 cm³/mol. The molecule has 0 unspecified atom stereocenters. The molecule has 0 aliphatic carbocycles. The number of unbranched alkanes of at least 4 members (excludes halogenated alkanes) is 2. The second kappa shape index (κ2) is 6.64. The third-order valence-corrected chi connectivity index (χ3v) is 3.49. The first-order valence-corrected chi connectivity index (χ1v) is 6.97. The van der Waals surface area contributed by atoms with E-state index in [4.69, 9.17) is 0 Å². The number of carbonyl (C=O) groups excluding carboxylic acids is 1. The van der Waals surface area contributed by atoms with Crippen LogP contribution in [0.25, 0.3) is 0 Å². The van der Waals surface area contributed by atoms with E-state index in [0.717, 1.165) is 45.2 Å². The van der Waals surface area contributed by atoms with Gasteiger partial charge in [-0.25, -0.2) is 4.68 Å². The van der Waals surface area contributed by atoms with Crippen molar-refractivity contribution in [3.63, 3.8) is 0 Å². The summed E-state index contributed by atoms with van der Waals surface area (Å²) in [7, 11) is 0. The van der Waals surface area contributed by atoms with E-state index in [-0.39, 0.29) is 5.78 Å². The van der Waals surface area contributed by atoms with Crippen LogP contribution in [0.15, 0.2) is 6.20 Å². The first kappa shape index (κ1) is 13.2. The summed E-state index contributed by atoms with van der Waals surface area (Å²) >= 11 is 0. The zero-order valence-electron chi connectivity index (χ0n) is 11.1. The Morgan fingerprint density at radius 1 is 1.44 bits per heavy atom. The molecule has 0 bridgehead atoms. The molecular weight excluding hydrogens is 228 g/mol. The fraction of sp³-hybridized carbons (Fsp3) is 0.769. The van der Waals surface area contributed by atoms with Gasteiger partial charge in [0.2, 0.25) is 0 Å². The van der Waals surface area contributed by atoms with Crippen LogP contribution in [0.3, 0.4) is 0 Å². The number of hydrogen-bond donors (Lipinski definition) is 1. The van der Waals surface area contributed by atoms with Crippen LogP contribution in [-0.4, -0.2) is 33.9 Å². The van der Waals surface area contributed by atoms with Crippen molar-refractivity contribution in [1.29, 1.82) is 0 Å². The average Bonchev–Trinajstić information content (AvgIpc) is 2.89. The zero-order valence-corrected chi connectivity index (χ0v) is 11.1. The highest BCUT2D eigenvalue weighted by Crippen LogP contribution is 2.17. The quantitative estimate of drug-likeness (QED) is 0.619. The van der Waals surface area contributed by atoms with Crippen LogP contribution in [-0.2, 0) is 0 Å². The highest BCUT2D eigenvalue weighted by Gasteiger charge is 2.18. The minimum absolute atomic E-state index is 0.128. The Labute approximate surface area is 108 Å². The topological polar surface area (TPSA) is 59.8 Å². The van der Waals surface area contributed by atoms with Crippen molar-refractivity contribution >= 4 is 5.78 Å². The number of piperidine rings is 1. The Morgan fingerprint density at radius 2 is 2.22 bits per heavy atom. The second-order valence-corrected chi connectivity index (χ2v) is 4.95. The molecule has 1 fully saturated rings. The van der Waals surface area contributed by atoms with Crippen molar-refractivity contribution < 1.29 is 4.79 Å². The molecule has 0 atom stereocenters. The molecule has 1 N–H and O–H groups in total. The molecule has 2 rings (SSSR count). The van der Waals surface area contributed by atoms with E-state index in [1.54, 1.807) is 0 Å². The summed E-state index contributed by atoms with van der Waals surface area (Å²) in [6.45, 7) is 4.17. The molecule has 100 valence electrons. The third kappa shape index (κ3) is 3.38. The van der Waals surface area contributed by atoms with E-state index in [1.807, 2.05) is 10.9 Å². The molecule has 5 nitrogen and oxygen atoms in total. The van der Waals surface area contributed by atoms with E-state index in [1.165, 1.54) is 0 Å². The predicted octanol–water partition coefficient (Wildman–Crippen LogP) is 1.97. The van der Waals surface area contributed by atoms with Gasteiger partial charge in [0.25, 0.3) is 0 Å². The standard InChI is InChI=1S/C13H22N4O/c1-2-3-4-5-13(18)12-10-17(16-15-12)11-6-8-14-9-7-11/h10-11,14H,2-9H2,1H3. The van der Waals surface area contributed by atoms with Gasteiger partial charge in [-0.15, -0.1) is 5.10 Å². The van der Waals surface area contributed by atoms with Crippen LogP contribution in [0, 0.1) is 0 Å². The van der Waals surface area contributed by atoms with Gasteiger partial charge >= 0.3 is 0 Å². The molecule has 0 radical (unpaired) electrons. The molecular formula is C13H22N4O. The summed E-state index contributed by atoms with van der Waals surface area (Å²) in [5.74, 6) is 0.128. The van der Waals surface area contributed by atoms with E-state index >= 15 is 0 Å². The van der Waals surface area contributed by atoms with Gasteiger partial charge in [-0.2, -0.15) is 0 Å². The Hall–Kier alpha value is -1.23. The van der Waals surface area contributed by atoms with Crippen molar-refractivity contribution in [3.8, 4) is 0 Å². The van der Waals surface area contributed by atoms with Crippen LogP contribution < -0.4 is 5.32 Å². The lowest BCUT2D eigenvalue weighted by atomic mass is 10.1. The third-order valence-electron chi connectivity index (χ3n) is 3.49.